The predicted molar refractivity (Wildman–Crippen MR) is 128 cm³/mol. The van der Waals surface area contributed by atoms with Crippen LogP contribution in [0.1, 0.15) is 37.8 Å². The van der Waals surface area contributed by atoms with Crippen molar-refractivity contribution in [2.24, 2.45) is 10.9 Å². The Bertz CT molecular complexity index is 646. The molecule has 1 aromatic carbocycles. The fourth-order valence-corrected chi connectivity index (χ4v) is 4.40. The van der Waals surface area contributed by atoms with Gasteiger partial charge in [0, 0.05) is 43.2 Å². The van der Waals surface area contributed by atoms with Gasteiger partial charge in [-0.25, -0.2) is 4.39 Å². The SMILES string of the molecule is CCNC(=NCC(c1c(F)cccc1Cl)N1CCCC1)N(C)CC1CCOC1.I. The van der Waals surface area contributed by atoms with E-state index in [2.05, 4.69) is 29.1 Å². The summed E-state index contributed by atoms with van der Waals surface area (Å²) in [4.78, 5) is 9.35. The van der Waals surface area contributed by atoms with Crippen molar-refractivity contribution >= 4 is 41.5 Å². The van der Waals surface area contributed by atoms with Crippen molar-refractivity contribution < 1.29 is 9.13 Å². The van der Waals surface area contributed by atoms with Crippen molar-refractivity contribution in [2.45, 2.75) is 32.2 Å². The van der Waals surface area contributed by atoms with E-state index in [1.54, 1.807) is 12.1 Å². The van der Waals surface area contributed by atoms with Gasteiger partial charge in [-0.2, -0.15) is 0 Å². The number of likely N-dealkylation sites (tertiary alicyclic amines) is 1. The molecule has 29 heavy (non-hydrogen) atoms. The highest BCUT2D eigenvalue weighted by molar-refractivity contribution is 14.0. The molecular formula is C21H33ClFIN4O. The summed E-state index contributed by atoms with van der Waals surface area (Å²) in [6.07, 6.45) is 3.35. The molecule has 2 atom stereocenters. The first kappa shape index (κ1) is 24.6. The van der Waals surface area contributed by atoms with Gasteiger partial charge in [-0.3, -0.25) is 9.89 Å². The van der Waals surface area contributed by atoms with E-state index in [0.29, 0.717) is 23.0 Å². The quantitative estimate of drug-likeness (QED) is 0.321. The summed E-state index contributed by atoms with van der Waals surface area (Å²) in [6.45, 7) is 7.80. The lowest BCUT2D eigenvalue weighted by Gasteiger charge is -2.29. The third-order valence-electron chi connectivity index (χ3n) is 5.58. The molecule has 164 valence electrons. The molecule has 3 rings (SSSR count). The number of halogens is 3. The van der Waals surface area contributed by atoms with Crippen LogP contribution in [-0.4, -0.2) is 68.7 Å². The van der Waals surface area contributed by atoms with Crippen LogP contribution >= 0.6 is 35.6 Å². The highest BCUT2D eigenvalue weighted by atomic mass is 127. The molecule has 2 saturated heterocycles. The number of nitrogens with one attached hydrogen (secondary N) is 1. The fraction of sp³-hybridized carbons (Fsp3) is 0.667. The average molecular weight is 539 g/mol. The van der Waals surface area contributed by atoms with E-state index in [-0.39, 0.29) is 35.8 Å². The van der Waals surface area contributed by atoms with Gasteiger partial charge in [-0.1, -0.05) is 17.7 Å². The maximum atomic E-state index is 14.7. The Morgan fingerprint density at radius 3 is 2.79 bits per heavy atom. The minimum absolute atomic E-state index is 0. The van der Waals surface area contributed by atoms with E-state index in [1.165, 1.54) is 6.07 Å². The minimum atomic E-state index is -0.249. The molecule has 0 spiro atoms. The van der Waals surface area contributed by atoms with Crippen LogP contribution in [0.4, 0.5) is 4.39 Å². The van der Waals surface area contributed by atoms with Crippen LogP contribution in [0.25, 0.3) is 0 Å². The molecule has 2 aliphatic rings. The normalized spacial score (nSPS) is 21.1. The highest BCUT2D eigenvalue weighted by Gasteiger charge is 2.28. The molecule has 2 unspecified atom stereocenters. The van der Waals surface area contributed by atoms with Crippen LogP contribution in [0.5, 0.6) is 0 Å². The molecular weight excluding hydrogens is 506 g/mol. The molecule has 5 nitrogen and oxygen atoms in total. The molecule has 0 saturated carbocycles. The van der Waals surface area contributed by atoms with Crippen LogP contribution in [0.2, 0.25) is 5.02 Å². The van der Waals surface area contributed by atoms with Crippen molar-refractivity contribution in [3.05, 3.63) is 34.6 Å². The number of guanidine groups is 1. The molecule has 2 heterocycles. The number of aliphatic imine (C=N–C) groups is 1. The van der Waals surface area contributed by atoms with Gasteiger partial charge in [0.15, 0.2) is 5.96 Å². The Kier molecular flexibility index (Phi) is 10.4. The maximum absolute atomic E-state index is 14.7. The zero-order chi connectivity index (χ0) is 19.9. The Balaban J connectivity index is 0.00000300. The molecule has 0 aromatic heterocycles. The van der Waals surface area contributed by atoms with Crippen LogP contribution in [0.3, 0.4) is 0 Å². The third-order valence-corrected chi connectivity index (χ3v) is 5.91. The largest absolute Gasteiger partial charge is 0.381 e. The molecule has 2 aliphatic heterocycles. The van der Waals surface area contributed by atoms with Crippen molar-refractivity contribution in [2.75, 3.05) is 53.0 Å². The van der Waals surface area contributed by atoms with Crippen LogP contribution in [0, 0.1) is 11.7 Å². The standard InChI is InChI=1S/C21H32ClFN4O.HI/c1-3-24-21(26(2)14-16-9-12-28-15-16)25-13-19(27-10-4-5-11-27)20-17(22)7-6-8-18(20)23;/h6-8,16,19H,3-5,9-15H2,1-2H3,(H,24,25);1H. The predicted octanol–water partition coefficient (Wildman–Crippen LogP) is 4.17. The Morgan fingerprint density at radius 1 is 1.41 bits per heavy atom. The number of ether oxygens (including phenoxy) is 1. The summed E-state index contributed by atoms with van der Waals surface area (Å²) in [5.74, 6) is 1.14. The third kappa shape index (κ3) is 6.67. The topological polar surface area (TPSA) is 40.1 Å². The monoisotopic (exact) mass is 538 g/mol. The molecule has 1 N–H and O–H groups in total. The molecule has 0 bridgehead atoms. The van der Waals surface area contributed by atoms with Crippen molar-refractivity contribution in [3.8, 4) is 0 Å². The number of hydrogen-bond acceptors (Lipinski definition) is 3. The Hall–Kier alpha value is -0.640. The first-order valence-electron chi connectivity index (χ1n) is 10.3. The summed E-state index contributed by atoms with van der Waals surface area (Å²) >= 11 is 6.40. The van der Waals surface area contributed by atoms with Crippen LogP contribution < -0.4 is 5.32 Å². The van der Waals surface area contributed by atoms with Gasteiger partial charge in [0.25, 0.3) is 0 Å². The van der Waals surface area contributed by atoms with Crippen LogP contribution in [0.15, 0.2) is 23.2 Å². The summed E-state index contributed by atoms with van der Waals surface area (Å²) in [6, 6.07) is 4.77. The van der Waals surface area contributed by atoms with E-state index < -0.39 is 0 Å². The fourth-order valence-electron chi connectivity index (χ4n) is 4.12. The second kappa shape index (κ2) is 12.3. The second-order valence-electron chi connectivity index (χ2n) is 7.70. The van der Waals surface area contributed by atoms with Gasteiger partial charge >= 0.3 is 0 Å². The molecule has 0 aliphatic carbocycles. The van der Waals surface area contributed by atoms with E-state index in [9.17, 15) is 4.39 Å². The number of benzene rings is 1. The van der Waals surface area contributed by atoms with E-state index in [0.717, 1.165) is 64.6 Å². The summed E-state index contributed by atoms with van der Waals surface area (Å²) in [5.41, 5.74) is 0.567. The first-order chi connectivity index (χ1) is 13.6. The number of hydrogen-bond donors (Lipinski definition) is 1. The smallest absolute Gasteiger partial charge is 0.193 e. The van der Waals surface area contributed by atoms with E-state index in [4.69, 9.17) is 21.3 Å². The summed E-state index contributed by atoms with van der Waals surface area (Å²) in [7, 11) is 2.06. The highest BCUT2D eigenvalue weighted by Crippen LogP contribution is 2.32. The zero-order valence-electron chi connectivity index (χ0n) is 17.4. The van der Waals surface area contributed by atoms with Gasteiger partial charge in [0.2, 0.25) is 0 Å². The lowest BCUT2D eigenvalue weighted by molar-refractivity contribution is 0.181. The zero-order valence-corrected chi connectivity index (χ0v) is 20.5. The number of nitrogens with zero attached hydrogens (tertiary/aromatic N) is 3. The molecule has 2 fully saturated rings. The summed E-state index contributed by atoms with van der Waals surface area (Å²) < 4.78 is 20.2. The average Bonchev–Trinajstić information content (AvgIpc) is 3.37. The van der Waals surface area contributed by atoms with Crippen molar-refractivity contribution in [1.29, 1.82) is 0 Å². The van der Waals surface area contributed by atoms with Gasteiger partial charge in [0.1, 0.15) is 5.82 Å². The van der Waals surface area contributed by atoms with E-state index in [1.807, 2.05) is 0 Å². The van der Waals surface area contributed by atoms with Crippen molar-refractivity contribution in [1.82, 2.24) is 15.1 Å². The number of rotatable bonds is 7. The maximum Gasteiger partial charge on any atom is 0.193 e. The Labute approximate surface area is 196 Å². The van der Waals surface area contributed by atoms with E-state index >= 15 is 0 Å². The summed E-state index contributed by atoms with van der Waals surface area (Å²) in [5, 5.41) is 3.85. The first-order valence-corrected chi connectivity index (χ1v) is 10.7. The van der Waals surface area contributed by atoms with Crippen molar-refractivity contribution in [3.63, 3.8) is 0 Å². The van der Waals surface area contributed by atoms with Gasteiger partial charge in [0.05, 0.1) is 19.2 Å². The lowest BCUT2D eigenvalue weighted by atomic mass is 10.0. The van der Waals surface area contributed by atoms with Gasteiger partial charge in [-0.15, -0.1) is 24.0 Å². The lowest BCUT2D eigenvalue weighted by Crippen LogP contribution is -2.42. The second-order valence-corrected chi connectivity index (χ2v) is 8.11. The van der Waals surface area contributed by atoms with Gasteiger partial charge < -0.3 is 15.0 Å². The molecule has 1 aromatic rings. The van der Waals surface area contributed by atoms with Crippen LogP contribution in [-0.2, 0) is 4.74 Å². The minimum Gasteiger partial charge on any atom is -0.381 e. The molecule has 0 amide bonds. The molecule has 8 heteroatoms. The Morgan fingerprint density at radius 2 is 2.17 bits per heavy atom. The van der Waals surface area contributed by atoms with Gasteiger partial charge in [-0.05, 0) is 51.4 Å². The molecule has 0 radical (unpaired) electrons.